The summed E-state index contributed by atoms with van der Waals surface area (Å²) in [5.41, 5.74) is 10.4. The molecule has 0 spiro atoms. The lowest BCUT2D eigenvalue weighted by Crippen LogP contribution is -2.26. The number of urea groups is 1. The Morgan fingerprint density at radius 1 is 1.50 bits per heavy atom. The van der Waals surface area contributed by atoms with Gasteiger partial charge in [0.15, 0.2) is 11.5 Å². The molecule has 0 saturated carbocycles. The molecule has 0 aromatic carbocycles. The van der Waals surface area contributed by atoms with Crippen LogP contribution in [0.5, 0.6) is 0 Å². The molecule has 1 aliphatic carbocycles. The van der Waals surface area contributed by atoms with Gasteiger partial charge in [0.05, 0.1) is 23.5 Å². The first kappa shape index (κ1) is 13.8. The molecule has 2 heterocycles. The van der Waals surface area contributed by atoms with Crippen molar-refractivity contribution >= 4 is 17.8 Å². The highest BCUT2D eigenvalue weighted by molar-refractivity contribution is 6.01. The van der Waals surface area contributed by atoms with Crippen LogP contribution in [-0.4, -0.2) is 16.9 Å². The molecule has 1 aromatic rings. The van der Waals surface area contributed by atoms with Gasteiger partial charge in [-0.1, -0.05) is 6.08 Å². The quantitative estimate of drug-likeness (QED) is 0.654. The number of anilines is 1. The van der Waals surface area contributed by atoms with E-state index < -0.39 is 17.4 Å². The van der Waals surface area contributed by atoms with Crippen LogP contribution in [0.4, 0.5) is 10.6 Å². The van der Waals surface area contributed by atoms with Crippen LogP contribution in [-0.2, 0) is 10.2 Å². The minimum atomic E-state index is -0.823. The molecule has 0 bridgehead atoms. The number of aromatic amines is 1. The van der Waals surface area contributed by atoms with Crippen molar-refractivity contribution < 1.29 is 14.3 Å². The number of H-pyrrole nitrogens is 1. The van der Waals surface area contributed by atoms with Crippen molar-refractivity contribution in [3.05, 3.63) is 41.0 Å². The zero-order valence-corrected chi connectivity index (χ0v) is 11.5. The lowest BCUT2D eigenvalue weighted by molar-refractivity contribution is 0.100. The lowest BCUT2D eigenvalue weighted by Gasteiger charge is -2.25. The number of nitrogens with two attached hydrogens (primary N) is 2. The number of carbonyl (C=O) groups is 2. The molecule has 22 heavy (non-hydrogen) atoms. The number of nitriles is 1. The minimum Gasteiger partial charge on any atom is -0.453 e. The number of nitrogens with one attached hydrogen (secondary N) is 2. The molecule has 8 heteroatoms. The summed E-state index contributed by atoms with van der Waals surface area (Å²) < 4.78 is 5.44. The molecule has 1 atom stereocenters. The highest BCUT2D eigenvalue weighted by Gasteiger charge is 2.49. The molecule has 0 radical (unpaired) electrons. The second-order valence-corrected chi connectivity index (χ2v) is 5.14. The van der Waals surface area contributed by atoms with Gasteiger partial charge in [0.1, 0.15) is 5.82 Å². The van der Waals surface area contributed by atoms with Gasteiger partial charge >= 0.3 is 6.03 Å². The highest BCUT2D eigenvalue weighted by atomic mass is 16.6. The number of allylic oxidation sites excluding steroid dienone is 3. The molecule has 1 aliphatic heterocycles. The van der Waals surface area contributed by atoms with Crippen LogP contribution in [0.3, 0.4) is 0 Å². The average Bonchev–Trinajstić information content (AvgIpc) is 3.12. The highest BCUT2D eigenvalue weighted by Crippen LogP contribution is 2.52. The molecule has 0 fully saturated rings. The first-order valence-electron chi connectivity index (χ1n) is 6.54. The number of amides is 3. The molecule has 1 aromatic heterocycles. The zero-order chi connectivity index (χ0) is 15.9. The molecule has 8 nitrogen and oxygen atoms in total. The topological polar surface area (TPSA) is 150 Å². The Labute approximate surface area is 125 Å². The van der Waals surface area contributed by atoms with Gasteiger partial charge < -0.3 is 21.2 Å². The Balaban J connectivity index is 2.09. The van der Waals surface area contributed by atoms with Crippen molar-refractivity contribution in [3.63, 3.8) is 0 Å². The Morgan fingerprint density at radius 2 is 2.27 bits per heavy atom. The fraction of sp³-hybridized carbons (Fsp3) is 0.214. The smallest absolute Gasteiger partial charge is 0.317 e. The predicted octanol–water partition coefficient (Wildman–Crippen LogP) is 0.957. The molecule has 3 amide bonds. The van der Waals surface area contributed by atoms with Crippen molar-refractivity contribution in [2.24, 2.45) is 11.5 Å². The van der Waals surface area contributed by atoms with E-state index in [9.17, 15) is 9.59 Å². The molecule has 2 aliphatic rings. The molecule has 3 rings (SSSR count). The van der Waals surface area contributed by atoms with Crippen LogP contribution in [0.25, 0.3) is 0 Å². The van der Waals surface area contributed by atoms with E-state index in [1.165, 1.54) is 6.07 Å². The second-order valence-electron chi connectivity index (χ2n) is 5.14. The van der Waals surface area contributed by atoms with Gasteiger partial charge in [-0.2, -0.15) is 5.26 Å². The normalized spacial score (nSPS) is 21.6. The molecule has 0 saturated heterocycles. The molecular weight excluding hydrogens is 286 g/mol. The Hall–Kier alpha value is -3.21. The number of ether oxygens (including phenoxy) is 1. The Kier molecular flexibility index (Phi) is 2.92. The van der Waals surface area contributed by atoms with Gasteiger partial charge in [0, 0.05) is 5.69 Å². The maximum absolute atomic E-state index is 11.5. The SMILES string of the molecule is N#CCC1(c2cc(C(N)=O)c(NC(N)=O)[nH]2)CC=CC2=C1O2. The van der Waals surface area contributed by atoms with Crippen molar-refractivity contribution in [2.75, 3.05) is 5.32 Å². The van der Waals surface area contributed by atoms with Gasteiger partial charge in [0.25, 0.3) is 5.91 Å². The Morgan fingerprint density at radius 3 is 2.91 bits per heavy atom. The fourth-order valence-corrected chi connectivity index (χ4v) is 2.73. The van der Waals surface area contributed by atoms with Crippen LogP contribution in [0, 0.1) is 11.3 Å². The Bertz CT molecular complexity index is 783. The fourth-order valence-electron chi connectivity index (χ4n) is 2.73. The van der Waals surface area contributed by atoms with E-state index in [4.69, 9.17) is 21.5 Å². The minimum absolute atomic E-state index is 0.100. The van der Waals surface area contributed by atoms with Crippen LogP contribution in [0.2, 0.25) is 0 Å². The van der Waals surface area contributed by atoms with Gasteiger partial charge in [0.2, 0.25) is 0 Å². The van der Waals surface area contributed by atoms with Gasteiger partial charge in [-0.15, -0.1) is 0 Å². The third-order valence-corrected chi connectivity index (χ3v) is 3.79. The third kappa shape index (κ3) is 2.00. The second kappa shape index (κ2) is 4.66. The summed E-state index contributed by atoms with van der Waals surface area (Å²) in [4.78, 5) is 25.5. The van der Waals surface area contributed by atoms with Crippen LogP contribution < -0.4 is 16.8 Å². The number of primary amides is 2. The predicted molar refractivity (Wildman–Crippen MR) is 76.3 cm³/mol. The molecule has 1 unspecified atom stereocenters. The molecular formula is C14H13N5O3. The number of hydrogen-bond acceptors (Lipinski definition) is 4. The van der Waals surface area contributed by atoms with Crippen LogP contribution in [0.15, 0.2) is 29.7 Å². The maximum atomic E-state index is 11.5. The van der Waals surface area contributed by atoms with E-state index in [-0.39, 0.29) is 17.8 Å². The van der Waals surface area contributed by atoms with Gasteiger partial charge in [-0.25, -0.2) is 4.79 Å². The van der Waals surface area contributed by atoms with Crippen molar-refractivity contribution in [1.29, 1.82) is 5.26 Å². The summed E-state index contributed by atoms with van der Waals surface area (Å²) in [5.74, 6) is 0.820. The summed E-state index contributed by atoms with van der Waals surface area (Å²) in [6, 6.07) is 2.84. The largest absolute Gasteiger partial charge is 0.453 e. The van der Waals surface area contributed by atoms with E-state index in [2.05, 4.69) is 16.4 Å². The first-order chi connectivity index (χ1) is 10.5. The van der Waals surface area contributed by atoms with E-state index in [0.717, 1.165) is 5.76 Å². The van der Waals surface area contributed by atoms with Crippen molar-refractivity contribution in [3.8, 4) is 6.07 Å². The number of hydrogen-bond donors (Lipinski definition) is 4. The van der Waals surface area contributed by atoms with Crippen molar-refractivity contribution in [1.82, 2.24) is 4.98 Å². The maximum Gasteiger partial charge on any atom is 0.317 e. The monoisotopic (exact) mass is 299 g/mol. The van der Waals surface area contributed by atoms with E-state index in [1.54, 1.807) is 0 Å². The summed E-state index contributed by atoms with van der Waals surface area (Å²) in [6.45, 7) is 0. The first-order valence-corrected chi connectivity index (χ1v) is 6.54. The van der Waals surface area contributed by atoms with Gasteiger partial charge in [-0.05, 0) is 18.6 Å². The van der Waals surface area contributed by atoms with E-state index in [0.29, 0.717) is 17.9 Å². The molecule has 6 N–H and O–H groups in total. The standard InChI is InChI=1S/C14H13N5O3/c15-5-4-14(3-1-2-8-10(14)22-8)9-6-7(11(16)20)12(18-9)19-13(17)21/h1-2,6,18H,3-4H2,(H2,16,20)(H3,17,19,21). The average molecular weight is 299 g/mol. The van der Waals surface area contributed by atoms with Crippen LogP contribution in [0.1, 0.15) is 28.9 Å². The van der Waals surface area contributed by atoms with Gasteiger partial charge in [-0.3, -0.25) is 10.1 Å². The van der Waals surface area contributed by atoms with E-state index >= 15 is 0 Å². The molecule has 112 valence electrons. The van der Waals surface area contributed by atoms with E-state index in [1.807, 2.05) is 12.2 Å². The van der Waals surface area contributed by atoms with Crippen LogP contribution >= 0.6 is 0 Å². The summed E-state index contributed by atoms with van der Waals surface area (Å²) in [6.07, 6.45) is 4.43. The number of rotatable bonds is 4. The summed E-state index contributed by atoms with van der Waals surface area (Å²) >= 11 is 0. The number of nitrogens with zero attached hydrogens (tertiary/aromatic N) is 1. The lowest BCUT2D eigenvalue weighted by atomic mass is 9.76. The van der Waals surface area contributed by atoms with Crippen molar-refractivity contribution in [2.45, 2.75) is 18.3 Å². The number of carbonyl (C=O) groups excluding carboxylic acids is 2. The zero-order valence-electron chi connectivity index (χ0n) is 11.5. The third-order valence-electron chi connectivity index (χ3n) is 3.79. The summed E-state index contributed by atoms with van der Waals surface area (Å²) in [5, 5.41) is 11.5. The number of aromatic nitrogens is 1. The summed E-state index contributed by atoms with van der Waals surface area (Å²) in [7, 11) is 0.